The molecule has 4 nitrogen and oxygen atoms in total. The molecular formula is C15H26N2O2S. The minimum absolute atomic E-state index is 0.0276. The quantitative estimate of drug-likeness (QED) is 0.759. The highest BCUT2D eigenvalue weighted by molar-refractivity contribution is 7.89. The summed E-state index contributed by atoms with van der Waals surface area (Å²) in [6.07, 6.45) is 1.04. The van der Waals surface area contributed by atoms with E-state index >= 15 is 0 Å². The Kier molecular flexibility index (Phi) is 6.17. The van der Waals surface area contributed by atoms with Crippen LogP contribution in [-0.4, -0.2) is 28.1 Å². The molecule has 1 aromatic carbocycles. The third-order valence-electron chi connectivity index (χ3n) is 3.05. The van der Waals surface area contributed by atoms with Gasteiger partial charge in [0.1, 0.15) is 0 Å². The van der Waals surface area contributed by atoms with Crippen molar-refractivity contribution >= 4 is 10.0 Å². The molecule has 0 unspecified atom stereocenters. The van der Waals surface area contributed by atoms with Gasteiger partial charge in [-0.15, -0.1) is 0 Å². The van der Waals surface area contributed by atoms with Crippen LogP contribution in [0, 0.1) is 0 Å². The molecule has 0 bridgehead atoms. The van der Waals surface area contributed by atoms with Crippen LogP contribution in [0.1, 0.15) is 39.7 Å². The van der Waals surface area contributed by atoms with E-state index in [1.54, 1.807) is 12.1 Å². The third kappa shape index (κ3) is 5.23. The predicted molar refractivity (Wildman–Crippen MR) is 83.5 cm³/mol. The lowest BCUT2D eigenvalue weighted by Gasteiger charge is -2.19. The standard InChI is InChI=1S/C15H26N2O2S/c1-5-10-16-11-12-17-20(18,19)14-8-6-13(7-9-14)15(2,3)4/h6-9,16-17H,5,10-12H2,1-4H3. The van der Waals surface area contributed by atoms with Gasteiger partial charge in [0.05, 0.1) is 4.90 Å². The van der Waals surface area contributed by atoms with E-state index in [9.17, 15) is 8.42 Å². The summed E-state index contributed by atoms with van der Waals surface area (Å²) in [5.41, 5.74) is 1.15. The van der Waals surface area contributed by atoms with Crippen LogP contribution >= 0.6 is 0 Å². The molecule has 0 spiro atoms. The van der Waals surface area contributed by atoms with Crippen molar-refractivity contribution in [3.63, 3.8) is 0 Å². The maximum absolute atomic E-state index is 12.1. The van der Waals surface area contributed by atoms with Gasteiger partial charge < -0.3 is 5.32 Å². The van der Waals surface area contributed by atoms with Crippen molar-refractivity contribution in [1.29, 1.82) is 0 Å². The van der Waals surface area contributed by atoms with Gasteiger partial charge in [0.25, 0.3) is 0 Å². The van der Waals surface area contributed by atoms with Crippen LogP contribution in [0.5, 0.6) is 0 Å². The normalized spacial score (nSPS) is 12.6. The van der Waals surface area contributed by atoms with E-state index in [0.29, 0.717) is 18.0 Å². The van der Waals surface area contributed by atoms with Gasteiger partial charge in [-0.05, 0) is 36.1 Å². The van der Waals surface area contributed by atoms with Gasteiger partial charge in [-0.1, -0.05) is 39.8 Å². The third-order valence-corrected chi connectivity index (χ3v) is 4.53. The molecule has 0 radical (unpaired) electrons. The molecule has 0 amide bonds. The fourth-order valence-electron chi connectivity index (χ4n) is 1.79. The number of hydrogen-bond acceptors (Lipinski definition) is 3. The summed E-state index contributed by atoms with van der Waals surface area (Å²) in [6.45, 7) is 10.4. The molecule has 0 aliphatic carbocycles. The first kappa shape index (κ1) is 17.1. The molecule has 1 aromatic rings. The number of benzene rings is 1. The first-order valence-corrected chi connectivity index (χ1v) is 8.56. The molecule has 0 heterocycles. The maximum atomic E-state index is 12.1. The van der Waals surface area contributed by atoms with E-state index in [4.69, 9.17) is 0 Å². The molecule has 0 aromatic heterocycles. The van der Waals surface area contributed by atoms with Crippen molar-refractivity contribution in [2.24, 2.45) is 0 Å². The van der Waals surface area contributed by atoms with Crippen molar-refractivity contribution in [1.82, 2.24) is 10.0 Å². The van der Waals surface area contributed by atoms with Crippen LogP contribution in [0.4, 0.5) is 0 Å². The van der Waals surface area contributed by atoms with Gasteiger partial charge in [0.2, 0.25) is 10.0 Å². The Balaban J connectivity index is 2.64. The Morgan fingerprint density at radius 3 is 2.10 bits per heavy atom. The lowest BCUT2D eigenvalue weighted by Crippen LogP contribution is -2.32. The average Bonchev–Trinajstić information content (AvgIpc) is 2.37. The highest BCUT2D eigenvalue weighted by Gasteiger charge is 2.16. The van der Waals surface area contributed by atoms with Crippen molar-refractivity contribution < 1.29 is 8.42 Å². The fourth-order valence-corrected chi connectivity index (χ4v) is 2.82. The SMILES string of the molecule is CCCNCCNS(=O)(=O)c1ccc(C(C)(C)C)cc1. The summed E-state index contributed by atoms with van der Waals surface area (Å²) in [6, 6.07) is 7.10. The van der Waals surface area contributed by atoms with Crippen LogP contribution in [0.25, 0.3) is 0 Å². The fraction of sp³-hybridized carbons (Fsp3) is 0.600. The maximum Gasteiger partial charge on any atom is 0.240 e. The Hall–Kier alpha value is -0.910. The molecule has 114 valence electrons. The van der Waals surface area contributed by atoms with E-state index in [-0.39, 0.29) is 5.41 Å². The molecule has 5 heteroatoms. The van der Waals surface area contributed by atoms with Gasteiger partial charge in [-0.2, -0.15) is 0 Å². The van der Waals surface area contributed by atoms with E-state index in [2.05, 4.69) is 37.7 Å². The van der Waals surface area contributed by atoms with Crippen LogP contribution in [-0.2, 0) is 15.4 Å². The molecule has 0 fully saturated rings. The Morgan fingerprint density at radius 2 is 1.60 bits per heavy atom. The van der Waals surface area contributed by atoms with Gasteiger partial charge in [0, 0.05) is 13.1 Å². The Bertz CT molecular complexity index is 502. The molecule has 1 rings (SSSR count). The summed E-state index contributed by atoms with van der Waals surface area (Å²) in [5.74, 6) is 0. The monoisotopic (exact) mass is 298 g/mol. The molecule has 20 heavy (non-hydrogen) atoms. The van der Waals surface area contributed by atoms with E-state index in [0.717, 1.165) is 18.5 Å². The summed E-state index contributed by atoms with van der Waals surface area (Å²) >= 11 is 0. The van der Waals surface area contributed by atoms with E-state index < -0.39 is 10.0 Å². The zero-order valence-corrected chi connectivity index (χ0v) is 13.7. The molecular weight excluding hydrogens is 272 g/mol. The smallest absolute Gasteiger partial charge is 0.240 e. The van der Waals surface area contributed by atoms with E-state index in [1.165, 1.54) is 0 Å². The number of rotatable bonds is 7. The summed E-state index contributed by atoms with van der Waals surface area (Å²) in [5, 5.41) is 3.16. The summed E-state index contributed by atoms with van der Waals surface area (Å²) in [7, 11) is -3.40. The minimum Gasteiger partial charge on any atom is -0.315 e. The van der Waals surface area contributed by atoms with Crippen molar-refractivity contribution in [3.05, 3.63) is 29.8 Å². The lowest BCUT2D eigenvalue weighted by molar-refractivity contribution is 0.573. The second-order valence-electron chi connectivity index (χ2n) is 5.92. The van der Waals surface area contributed by atoms with Crippen LogP contribution in [0.2, 0.25) is 0 Å². The van der Waals surface area contributed by atoms with Crippen LogP contribution in [0.3, 0.4) is 0 Å². The van der Waals surface area contributed by atoms with Crippen molar-refractivity contribution in [3.8, 4) is 0 Å². The minimum atomic E-state index is -3.40. The predicted octanol–water partition coefficient (Wildman–Crippen LogP) is 2.26. The average molecular weight is 298 g/mol. The highest BCUT2D eigenvalue weighted by atomic mass is 32.2. The number of sulfonamides is 1. The second kappa shape index (κ2) is 7.20. The van der Waals surface area contributed by atoms with Gasteiger partial charge in [-0.3, -0.25) is 0 Å². The largest absolute Gasteiger partial charge is 0.315 e. The summed E-state index contributed by atoms with van der Waals surface area (Å²) in [4.78, 5) is 0.320. The highest BCUT2D eigenvalue weighted by Crippen LogP contribution is 2.23. The molecule has 2 N–H and O–H groups in total. The molecule has 0 saturated heterocycles. The molecule has 0 atom stereocenters. The lowest BCUT2D eigenvalue weighted by atomic mass is 9.87. The van der Waals surface area contributed by atoms with Crippen LogP contribution < -0.4 is 10.0 Å². The van der Waals surface area contributed by atoms with Crippen LogP contribution in [0.15, 0.2) is 29.2 Å². The zero-order chi connectivity index (χ0) is 15.2. The number of nitrogens with one attached hydrogen (secondary N) is 2. The van der Waals surface area contributed by atoms with Gasteiger partial charge in [-0.25, -0.2) is 13.1 Å². The number of hydrogen-bond donors (Lipinski definition) is 2. The Labute approximate surface area is 123 Å². The van der Waals surface area contributed by atoms with Gasteiger partial charge >= 0.3 is 0 Å². The second-order valence-corrected chi connectivity index (χ2v) is 7.69. The zero-order valence-electron chi connectivity index (χ0n) is 12.9. The van der Waals surface area contributed by atoms with E-state index in [1.807, 2.05) is 12.1 Å². The first-order chi connectivity index (χ1) is 9.27. The topological polar surface area (TPSA) is 58.2 Å². The first-order valence-electron chi connectivity index (χ1n) is 7.08. The molecule has 0 saturated carbocycles. The Morgan fingerprint density at radius 1 is 1.00 bits per heavy atom. The van der Waals surface area contributed by atoms with Crippen molar-refractivity contribution in [2.75, 3.05) is 19.6 Å². The van der Waals surface area contributed by atoms with Crippen molar-refractivity contribution in [2.45, 2.75) is 44.4 Å². The molecule has 0 aliphatic heterocycles. The van der Waals surface area contributed by atoms with Gasteiger partial charge in [0.15, 0.2) is 0 Å². The summed E-state index contributed by atoms with van der Waals surface area (Å²) < 4.78 is 26.8. The molecule has 0 aliphatic rings.